The first kappa shape index (κ1) is 20.5. The van der Waals surface area contributed by atoms with Crippen molar-refractivity contribution in [2.75, 3.05) is 0 Å². The maximum atomic E-state index is 13.6. The summed E-state index contributed by atoms with van der Waals surface area (Å²) in [6.45, 7) is 0. The van der Waals surface area contributed by atoms with Gasteiger partial charge in [-0.3, -0.25) is 4.79 Å². The van der Waals surface area contributed by atoms with Gasteiger partial charge in [0.25, 0.3) is 5.66 Å². The van der Waals surface area contributed by atoms with Gasteiger partial charge >= 0.3 is 0 Å². The first-order valence-electron chi connectivity index (χ1n) is 8.98. The van der Waals surface area contributed by atoms with Crippen molar-refractivity contribution in [3.8, 4) is 0 Å². The molecular formula is C21H18N4O5. The Labute approximate surface area is 171 Å². The fourth-order valence-electron chi connectivity index (χ4n) is 3.45. The highest BCUT2D eigenvalue weighted by molar-refractivity contribution is 6.02. The molecule has 0 saturated heterocycles. The molecule has 30 heavy (non-hydrogen) atoms. The summed E-state index contributed by atoms with van der Waals surface area (Å²) >= 11 is 0. The second-order valence-corrected chi connectivity index (χ2v) is 6.49. The fourth-order valence-corrected chi connectivity index (χ4v) is 3.45. The summed E-state index contributed by atoms with van der Waals surface area (Å²) in [5, 5.41) is 21.4. The number of ketones is 1. The number of hydrogen-bond acceptors (Lipinski definition) is 5. The standard InChI is InChI=1S/C21H18N4O5/c26-20(17-12-6-2-7-13-17)19(16-10-4-1-5-11-16)21(22-24(27)28,23-25(29)30)18-14-8-3-9-15-18/h1-15,19,22-23H/t19-/m1/s1. The van der Waals surface area contributed by atoms with Gasteiger partial charge in [-0.05, 0) is 5.56 Å². The molecule has 3 aromatic carbocycles. The Morgan fingerprint density at radius 1 is 0.733 bits per heavy atom. The van der Waals surface area contributed by atoms with Gasteiger partial charge in [-0.2, -0.15) is 0 Å². The molecule has 3 aromatic rings. The molecule has 9 nitrogen and oxygen atoms in total. The highest BCUT2D eigenvalue weighted by Gasteiger charge is 2.53. The van der Waals surface area contributed by atoms with Crippen LogP contribution in [-0.4, -0.2) is 15.8 Å². The fraction of sp³-hybridized carbons (Fsp3) is 0.0952. The van der Waals surface area contributed by atoms with Gasteiger partial charge in [0, 0.05) is 11.1 Å². The van der Waals surface area contributed by atoms with Crippen molar-refractivity contribution in [3.05, 3.63) is 128 Å². The van der Waals surface area contributed by atoms with E-state index in [0.717, 1.165) is 0 Å². The minimum absolute atomic E-state index is 0.163. The Hall–Kier alpha value is -4.27. The molecule has 3 rings (SSSR count). The average Bonchev–Trinajstić information content (AvgIpc) is 2.75. The third kappa shape index (κ3) is 4.25. The van der Waals surface area contributed by atoms with Crippen molar-refractivity contribution in [1.29, 1.82) is 0 Å². The Kier molecular flexibility index (Phi) is 6.02. The summed E-state index contributed by atoms with van der Waals surface area (Å²) < 4.78 is 0. The van der Waals surface area contributed by atoms with E-state index in [-0.39, 0.29) is 11.1 Å². The molecule has 0 aliphatic rings. The number of hydrazine groups is 2. The summed E-state index contributed by atoms with van der Waals surface area (Å²) in [6, 6.07) is 24.2. The molecule has 0 spiro atoms. The van der Waals surface area contributed by atoms with Gasteiger partial charge in [-0.25, -0.2) is 20.2 Å². The van der Waals surface area contributed by atoms with Gasteiger partial charge < -0.3 is 0 Å². The number of nitrogens with one attached hydrogen (secondary N) is 2. The van der Waals surface area contributed by atoms with Gasteiger partial charge in [-0.1, -0.05) is 91.0 Å². The number of nitro groups is 2. The van der Waals surface area contributed by atoms with Crippen LogP contribution in [0, 0.1) is 20.2 Å². The quantitative estimate of drug-likeness (QED) is 0.242. The van der Waals surface area contributed by atoms with E-state index < -0.39 is 27.4 Å². The topological polar surface area (TPSA) is 127 Å². The molecule has 0 amide bonds. The number of Topliss-reactive ketones (excluding diaryl/α,β-unsaturated/α-hetero) is 1. The van der Waals surface area contributed by atoms with Crippen molar-refractivity contribution in [1.82, 2.24) is 10.9 Å². The summed E-state index contributed by atoms with van der Waals surface area (Å²) in [5.74, 6) is -1.85. The van der Waals surface area contributed by atoms with Gasteiger partial charge in [0.1, 0.15) is 5.92 Å². The molecule has 0 aliphatic heterocycles. The maximum Gasteiger partial charge on any atom is 0.260 e. The van der Waals surface area contributed by atoms with Crippen LogP contribution in [0.3, 0.4) is 0 Å². The molecule has 0 saturated carbocycles. The molecule has 0 aliphatic carbocycles. The summed E-state index contributed by atoms with van der Waals surface area (Å²) in [4.78, 5) is 36.8. The van der Waals surface area contributed by atoms with E-state index >= 15 is 0 Å². The molecule has 0 aromatic heterocycles. The van der Waals surface area contributed by atoms with Gasteiger partial charge in [-0.15, -0.1) is 10.9 Å². The highest BCUT2D eigenvalue weighted by atomic mass is 16.7. The summed E-state index contributed by atoms with van der Waals surface area (Å²) in [5.41, 5.74) is 2.72. The van der Waals surface area contributed by atoms with Crippen molar-refractivity contribution in [2.24, 2.45) is 0 Å². The largest absolute Gasteiger partial charge is 0.293 e. The Morgan fingerprint density at radius 2 is 1.17 bits per heavy atom. The van der Waals surface area contributed by atoms with E-state index in [1.807, 2.05) is 10.9 Å². The number of carbonyl (C=O) groups is 1. The summed E-state index contributed by atoms with van der Waals surface area (Å²) in [7, 11) is 0. The zero-order valence-corrected chi connectivity index (χ0v) is 15.7. The zero-order chi connectivity index (χ0) is 21.6. The number of hydrogen-bond donors (Lipinski definition) is 2. The van der Waals surface area contributed by atoms with Gasteiger partial charge in [0.15, 0.2) is 15.8 Å². The molecule has 2 N–H and O–H groups in total. The van der Waals surface area contributed by atoms with Crippen molar-refractivity contribution in [3.63, 3.8) is 0 Å². The number of nitrogens with zero attached hydrogens (tertiary/aromatic N) is 2. The first-order valence-corrected chi connectivity index (χ1v) is 8.98. The Bertz CT molecular complexity index is 1010. The van der Waals surface area contributed by atoms with Crippen molar-refractivity contribution >= 4 is 5.78 Å². The predicted octanol–water partition coefficient (Wildman–Crippen LogP) is 3.07. The molecule has 152 valence electrons. The lowest BCUT2D eigenvalue weighted by Crippen LogP contribution is -2.62. The monoisotopic (exact) mass is 406 g/mol. The minimum Gasteiger partial charge on any atom is -0.293 e. The Balaban J connectivity index is 2.31. The van der Waals surface area contributed by atoms with Crippen LogP contribution in [-0.2, 0) is 5.66 Å². The lowest BCUT2D eigenvalue weighted by molar-refractivity contribution is -0.614. The van der Waals surface area contributed by atoms with Crippen LogP contribution >= 0.6 is 0 Å². The van der Waals surface area contributed by atoms with E-state index in [1.54, 1.807) is 78.9 Å². The number of rotatable bonds is 9. The van der Waals surface area contributed by atoms with Crippen LogP contribution in [0.2, 0.25) is 0 Å². The summed E-state index contributed by atoms with van der Waals surface area (Å²) in [6.07, 6.45) is 0. The lowest BCUT2D eigenvalue weighted by Gasteiger charge is -2.34. The van der Waals surface area contributed by atoms with Crippen molar-refractivity contribution in [2.45, 2.75) is 11.6 Å². The van der Waals surface area contributed by atoms with E-state index in [0.29, 0.717) is 5.56 Å². The molecule has 1 atom stereocenters. The van der Waals surface area contributed by atoms with E-state index in [4.69, 9.17) is 0 Å². The highest BCUT2D eigenvalue weighted by Crippen LogP contribution is 2.38. The first-order chi connectivity index (χ1) is 14.4. The van der Waals surface area contributed by atoms with Crippen LogP contribution in [0.1, 0.15) is 27.4 Å². The van der Waals surface area contributed by atoms with Crippen LogP contribution < -0.4 is 10.9 Å². The number of benzene rings is 3. The van der Waals surface area contributed by atoms with Crippen LogP contribution in [0.4, 0.5) is 0 Å². The van der Waals surface area contributed by atoms with E-state index in [9.17, 15) is 25.0 Å². The maximum absolute atomic E-state index is 13.6. The van der Waals surface area contributed by atoms with Crippen LogP contribution in [0.5, 0.6) is 0 Å². The lowest BCUT2D eigenvalue weighted by atomic mass is 9.77. The third-order valence-corrected chi connectivity index (χ3v) is 4.65. The SMILES string of the molecule is O=C(c1ccccc1)[C@@H](c1ccccc1)C(N[N+](=O)[O-])(N[N+](=O)[O-])c1ccccc1. The average molecular weight is 406 g/mol. The smallest absolute Gasteiger partial charge is 0.260 e. The Morgan fingerprint density at radius 3 is 1.63 bits per heavy atom. The minimum atomic E-state index is -2.16. The third-order valence-electron chi connectivity index (χ3n) is 4.65. The van der Waals surface area contributed by atoms with Crippen molar-refractivity contribution < 1.29 is 14.9 Å². The zero-order valence-electron chi connectivity index (χ0n) is 15.7. The normalized spacial score (nSPS) is 11.9. The van der Waals surface area contributed by atoms with E-state index in [2.05, 4.69) is 0 Å². The molecule has 9 heteroatoms. The molecule has 0 unspecified atom stereocenters. The van der Waals surface area contributed by atoms with Gasteiger partial charge in [0.2, 0.25) is 0 Å². The molecule has 0 heterocycles. The second-order valence-electron chi connectivity index (χ2n) is 6.49. The molecule has 0 radical (unpaired) electrons. The van der Waals surface area contributed by atoms with Crippen LogP contribution in [0.25, 0.3) is 0 Å². The second kappa shape index (κ2) is 8.82. The van der Waals surface area contributed by atoms with E-state index in [1.165, 1.54) is 12.1 Å². The molecule has 0 bridgehead atoms. The number of carbonyl (C=O) groups excluding carboxylic acids is 1. The molecular weight excluding hydrogens is 388 g/mol. The van der Waals surface area contributed by atoms with Crippen LogP contribution in [0.15, 0.2) is 91.0 Å². The molecule has 0 fully saturated rings. The predicted molar refractivity (Wildman–Crippen MR) is 108 cm³/mol. The van der Waals surface area contributed by atoms with Gasteiger partial charge in [0.05, 0.1) is 0 Å².